The molecule has 26 heavy (non-hydrogen) atoms. The molecule has 0 saturated heterocycles. The molecule has 2 aromatic carbocycles. The lowest BCUT2D eigenvalue weighted by atomic mass is 10.1. The SMILES string of the molecule is NC(=O)c1nc(Cc2ccc([N+](=O)[O-])cc2)n(Cc2ccccc2)c1N. The summed E-state index contributed by atoms with van der Waals surface area (Å²) in [6.45, 7) is 0.440. The number of aromatic nitrogens is 2. The van der Waals surface area contributed by atoms with Gasteiger partial charge in [-0.3, -0.25) is 14.9 Å². The first-order chi connectivity index (χ1) is 12.5. The summed E-state index contributed by atoms with van der Waals surface area (Å²) >= 11 is 0. The van der Waals surface area contributed by atoms with E-state index in [4.69, 9.17) is 11.5 Å². The number of carbonyl (C=O) groups excluding carboxylic acids is 1. The number of non-ortho nitro benzene ring substituents is 1. The molecule has 8 nitrogen and oxygen atoms in total. The summed E-state index contributed by atoms with van der Waals surface area (Å²) in [5, 5.41) is 10.8. The Morgan fingerprint density at radius 2 is 1.73 bits per heavy atom. The topological polar surface area (TPSA) is 130 Å². The predicted molar refractivity (Wildman–Crippen MR) is 96.6 cm³/mol. The number of nitrogen functional groups attached to an aromatic ring is 1. The third-order valence-electron chi connectivity index (χ3n) is 4.01. The maximum absolute atomic E-state index is 11.6. The number of imidazole rings is 1. The molecular formula is C18H17N5O3. The molecule has 0 unspecified atom stereocenters. The first-order valence-electron chi connectivity index (χ1n) is 7.87. The van der Waals surface area contributed by atoms with Gasteiger partial charge in [0.05, 0.1) is 11.5 Å². The van der Waals surface area contributed by atoms with Gasteiger partial charge in [-0.05, 0) is 11.1 Å². The number of primary amides is 1. The van der Waals surface area contributed by atoms with E-state index in [1.54, 1.807) is 16.7 Å². The van der Waals surface area contributed by atoms with Gasteiger partial charge < -0.3 is 16.0 Å². The van der Waals surface area contributed by atoms with E-state index in [1.807, 2.05) is 30.3 Å². The van der Waals surface area contributed by atoms with Gasteiger partial charge in [0.15, 0.2) is 5.69 Å². The lowest BCUT2D eigenvalue weighted by Gasteiger charge is -2.10. The molecular weight excluding hydrogens is 334 g/mol. The van der Waals surface area contributed by atoms with E-state index in [0.717, 1.165) is 11.1 Å². The van der Waals surface area contributed by atoms with E-state index in [-0.39, 0.29) is 17.2 Å². The van der Waals surface area contributed by atoms with Crippen molar-refractivity contribution in [2.75, 3.05) is 5.73 Å². The fourth-order valence-corrected chi connectivity index (χ4v) is 2.69. The Bertz CT molecular complexity index is 949. The third kappa shape index (κ3) is 3.54. The van der Waals surface area contributed by atoms with Crippen LogP contribution in [0.25, 0.3) is 0 Å². The summed E-state index contributed by atoms with van der Waals surface area (Å²) in [6.07, 6.45) is 0.363. The highest BCUT2D eigenvalue weighted by Gasteiger charge is 2.19. The largest absolute Gasteiger partial charge is 0.383 e. The maximum atomic E-state index is 11.6. The van der Waals surface area contributed by atoms with Crippen molar-refractivity contribution >= 4 is 17.4 Å². The van der Waals surface area contributed by atoms with Crippen LogP contribution in [0.4, 0.5) is 11.5 Å². The molecule has 3 aromatic rings. The number of hydrogen-bond acceptors (Lipinski definition) is 5. The van der Waals surface area contributed by atoms with Crippen molar-refractivity contribution in [3.63, 3.8) is 0 Å². The van der Waals surface area contributed by atoms with Crippen molar-refractivity contribution in [2.45, 2.75) is 13.0 Å². The fraction of sp³-hybridized carbons (Fsp3) is 0.111. The van der Waals surface area contributed by atoms with Gasteiger partial charge in [-0.1, -0.05) is 42.5 Å². The number of carbonyl (C=O) groups is 1. The van der Waals surface area contributed by atoms with Crippen LogP contribution in [0.15, 0.2) is 54.6 Å². The number of nitrogens with zero attached hydrogens (tertiary/aromatic N) is 3. The minimum atomic E-state index is -0.695. The lowest BCUT2D eigenvalue weighted by molar-refractivity contribution is -0.384. The zero-order valence-corrected chi connectivity index (χ0v) is 13.8. The summed E-state index contributed by atoms with van der Waals surface area (Å²) in [6, 6.07) is 15.8. The van der Waals surface area contributed by atoms with Crippen molar-refractivity contribution in [2.24, 2.45) is 5.73 Å². The number of benzene rings is 2. The highest BCUT2D eigenvalue weighted by molar-refractivity contribution is 5.95. The number of nitro groups is 1. The smallest absolute Gasteiger partial charge is 0.271 e. The van der Waals surface area contributed by atoms with Crippen molar-refractivity contribution in [1.29, 1.82) is 0 Å². The van der Waals surface area contributed by atoms with Crippen LogP contribution in [0, 0.1) is 10.1 Å². The maximum Gasteiger partial charge on any atom is 0.271 e. The minimum absolute atomic E-state index is 0.0127. The van der Waals surface area contributed by atoms with E-state index < -0.39 is 10.8 Å². The Morgan fingerprint density at radius 1 is 1.08 bits per heavy atom. The van der Waals surface area contributed by atoms with E-state index in [0.29, 0.717) is 18.8 Å². The Hall–Kier alpha value is -3.68. The van der Waals surface area contributed by atoms with Crippen LogP contribution in [0.3, 0.4) is 0 Å². The minimum Gasteiger partial charge on any atom is -0.383 e. The average molecular weight is 351 g/mol. The molecule has 1 amide bonds. The van der Waals surface area contributed by atoms with Crippen LogP contribution in [-0.4, -0.2) is 20.4 Å². The summed E-state index contributed by atoms with van der Waals surface area (Å²) in [4.78, 5) is 26.2. The first kappa shape index (κ1) is 17.2. The molecule has 1 heterocycles. The average Bonchev–Trinajstić information content (AvgIpc) is 2.93. The fourth-order valence-electron chi connectivity index (χ4n) is 2.69. The van der Waals surface area contributed by atoms with E-state index in [1.165, 1.54) is 12.1 Å². The summed E-state index contributed by atoms with van der Waals surface area (Å²) in [5.41, 5.74) is 13.3. The molecule has 0 bridgehead atoms. The van der Waals surface area contributed by atoms with Crippen LogP contribution in [-0.2, 0) is 13.0 Å². The third-order valence-corrected chi connectivity index (χ3v) is 4.01. The molecule has 1 aromatic heterocycles. The molecule has 132 valence electrons. The van der Waals surface area contributed by atoms with Gasteiger partial charge in [0.25, 0.3) is 11.6 Å². The second kappa shape index (κ2) is 7.06. The zero-order valence-electron chi connectivity index (χ0n) is 13.8. The normalized spacial score (nSPS) is 10.6. The number of amides is 1. The number of nitrogens with two attached hydrogens (primary N) is 2. The van der Waals surface area contributed by atoms with E-state index in [2.05, 4.69) is 4.98 Å². The van der Waals surface area contributed by atoms with Gasteiger partial charge in [0.1, 0.15) is 11.6 Å². The standard InChI is InChI=1S/C18H17N5O3/c19-17-16(18(20)24)21-15(22(17)11-13-4-2-1-3-5-13)10-12-6-8-14(9-7-12)23(25)26/h1-9H,10-11,19H2,(H2,20,24). The van der Waals surface area contributed by atoms with Crippen molar-refractivity contribution in [3.05, 3.63) is 87.4 Å². The molecule has 3 rings (SSSR count). The Labute approximate surface area is 149 Å². The number of anilines is 1. The van der Waals surface area contributed by atoms with Gasteiger partial charge in [-0.25, -0.2) is 4.98 Å². The summed E-state index contributed by atoms with van der Waals surface area (Å²) < 4.78 is 1.73. The van der Waals surface area contributed by atoms with Crippen LogP contribution in [0.2, 0.25) is 0 Å². The first-order valence-corrected chi connectivity index (χ1v) is 7.87. The van der Waals surface area contributed by atoms with Gasteiger partial charge in [0, 0.05) is 18.6 Å². The van der Waals surface area contributed by atoms with Crippen LogP contribution in [0.1, 0.15) is 27.4 Å². The lowest BCUT2D eigenvalue weighted by Crippen LogP contribution is -2.15. The number of nitro benzene ring substituents is 1. The zero-order chi connectivity index (χ0) is 18.7. The molecule has 0 radical (unpaired) electrons. The number of rotatable bonds is 6. The quantitative estimate of drug-likeness (QED) is 0.519. The molecule has 0 aliphatic carbocycles. The molecule has 0 aliphatic rings. The van der Waals surface area contributed by atoms with Crippen LogP contribution >= 0.6 is 0 Å². The van der Waals surface area contributed by atoms with Crippen LogP contribution in [0.5, 0.6) is 0 Å². The Balaban J connectivity index is 1.95. The number of hydrogen-bond donors (Lipinski definition) is 2. The van der Waals surface area contributed by atoms with Crippen molar-refractivity contribution < 1.29 is 9.72 Å². The second-order valence-electron chi connectivity index (χ2n) is 5.80. The molecule has 4 N–H and O–H groups in total. The monoisotopic (exact) mass is 351 g/mol. The molecule has 0 saturated carbocycles. The van der Waals surface area contributed by atoms with Gasteiger partial charge in [-0.2, -0.15) is 0 Å². The van der Waals surface area contributed by atoms with E-state index >= 15 is 0 Å². The van der Waals surface area contributed by atoms with Crippen molar-refractivity contribution in [1.82, 2.24) is 9.55 Å². The van der Waals surface area contributed by atoms with Gasteiger partial charge in [-0.15, -0.1) is 0 Å². The molecule has 0 fully saturated rings. The summed E-state index contributed by atoms with van der Waals surface area (Å²) in [7, 11) is 0. The van der Waals surface area contributed by atoms with E-state index in [9.17, 15) is 14.9 Å². The second-order valence-corrected chi connectivity index (χ2v) is 5.80. The molecule has 0 spiro atoms. The van der Waals surface area contributed by atoms with Gasteiger partial charge in [0.2, 0.25) is 0 Å². The highest BCUT2D eigenvalue weighted by atomic mass is 16.6. The predicted octanol–water partition coefficient (Wildman–Crippen LogP) is 2.11. The van der Waals surface area contributed by atoms with Crippen molar-refractivity contribution in [3.8, 4) is 0 Å². The molecule has 0 atom stereocenters. The van der Waals surface area contributed by atoms with Gasteiger partial charge >= 0.3 is 0 Å². The molecule has 0 aliphatic heterocycles. The Morgan fingerprint density at radius 3 is 2.31 bits per heavy atom. The highest BCUT2D eigenvalue weighted by Crippen LogP contribution is 2.20. The summed E-state index contributed by atoms with van der Waals surface area (Å²) in [5.74, 6) is 0.0755. The van der Waals surface area contributed by atoms with Crippen LogP contribution < -0.4 is 11.5 Å². The Kier molecular flexibility index (Phi) is 4.66. The molecule has 8 heteroatoms.